The highest BCUT2D eigenvalue weighted by molar-refractivity contribution is 6.30. The van der Waals surface area contributed by atoms with E-state index in [0.29, 0.717) is 18.1 Å². The maximum atomic E-state index is 11.9. The average molecular weight is 295 g/mol. The molecule has 1 rings (SSSR count). The Hall–Kier alpha value is -1.81. The largest absolute Gasteiger partial charge is 0.339 e. The highest BCUT2D eigenvalue weighted by Crippen LogP contribution is 2.19. The van der Waals surface area contributed by atoms with Gasteiger partial charge in [0.25, 0.3) is 0 Å². The fraction of sp³-hybridized carbons (Fsp3) is 0.333. The number of aryl methyl sites for hydroxylation is 1. The summed E-state index contributed by atoms with van der Waals surface area (Å²) < 4.78 is 0. The number of rotatable bonds is 6. The van der Waals surface area contributed by atoms with E-state index in [9.17, 15) is 9.59 Å². The summed E-state index contributed by atoms with van der Waals surface area (Å²) in [5.74, 6) is -0.203. The van der Waals surface area contributed by atoms with Crippen LogP contribution in [0.1, 0.15) is 18.9 Å². The minimum Gasteiger partial charge on any atom is -0.339 e. The number of carbonyl (C=O) groups is 2. The third-order valence-corrected chi connectivity index (χ3v) is 3.10. The van der Waals surface area contributed by atoms with Crippen LogP contribution in [0.3, 0.4) is 0 Å². The lowest BCUT2D eigenvalue weighted by atomic mass is 10.2. The van der Waals surface area contributed by atoms with Crippen molar-refractivity contribution >= 4 is 29.1 Å². The van der Waals surface area contributed by atoms with E-state index < -0.39 is 0 Å². The van der Waals surface area contributed by atoms with Crippen LogP contribution in [0, 0.1) is 6.92 Å². The fourth-order valence-corrected chi connectivity index (χ4v) is 1.98. The number of halogens is 1. The Morgan fingerprint density at radius 3 is 2.70 bits per heavy atom. The number of nitrogens with one attached hydrogen (secondary N) is 1. The molecule has 0 saturated carbocycles. The van der Waals surface area contributed by atoms with Gasteiger partial charge in [-0.25, -0.2) is 0 Å². The van der Waals surface area contributed by atoms with Crippen molar-refractivity contribution in [1.29, 1.82) is 0 Å². The molecule has 1 N–H and O–H groups in total. The molecule has 108 valence electrons. The van der Waals surface area contributed by atoms with Gasteiger partial charge in [0.05, 0.1) is 0 Å². The standard InChI is InChI=1S/C15H19ClN2O2/c1-4-8-18(12(3)19)9-7-15(20)17-14-6-5-13(16)10-11(14)2/h4-6,10H,1,7-9H2,2-3H3,(H,17,20). The molecule has 0 saturated heterocycles. The van der Waals surface area contributed by atoms with E-state index in [1.54, 1.807) is 29.2 Å². The molecule has 0 aromatic heterocycles. The summed E-state index contributed by atoms with van der Waals surface area (Å²) >= 11 is 5.86. The van der Waals surface area contributed by atoms with Gasteiger partial charge in [0, 0.05) is 37.1 Å². The van der Waals surface area contributed by atoms with Crippen molar-refractivity contribution in [3.8, 4) is 0 Å². The zero-order valence-electron chi connectivity index (χ0n) is 11.8. The maximum absolute atomic E-state index is 11.9. The molecule has 0 atom stereocenters. The lowest BCUT2D eigenvalue weighted by Gasteiger charge is -2.18. The summed E-state index contributed by atoms with van der Waals surface area (Å²) in [6.45, 7) is 7.77. The van der Waals surface area contributed by atoms with Crippen molar-refractivity contribution in [3.05, 3.63) is 41.4 Å². The number of amides is 2. The molecule has 0 unspecified atom stereocenters. The first-order chi connectivity index (χ1) is 9.43. The first-order valence-electron chi connectivity index (χ1n) is 6.36. The number of anilines is 1. The van der Waals surface area contributed by atoms with Gasteiger partial charge >= 0.3 is 0 Å². The van der Waals surface area contributed by atoms with Crippen LogP contribution in [0.15, 0.2) is 30.9 Å². The molecule has 0 heterocycles. The summed E-state index contributed by atoms with van der Waals surface area (Å²) in [7, 11) is 0. The SMILES string of the molecule is C=CCN(CCC(=O)Nc1ccc(Cl)cc1C)C(C)=O. The number of carbonyl (C=O) groups excluding carboxylic acids is 2. The minimum atomic E-state index is -0.134. The van der Waals surface area contributed by atoms with E-state index >= 15 is 0 Å². The molecular weight excluding hydrogens is 276 g/mol. The predicted molar refractivity (Wildman–Crippen MR) is 81.9 cm³/mol. The molecule has 4 nitrogen and oxygen atoms in total. The lowest BCUT2D eigenvalue weighted by molar-refractivity contribution is -0.128. The van der Waals surface area contributed by atoms with Gasteiger partial charge in [0.1, 0.15) is 0 Å². The minimum absolute atomic E-state index is 0.0691. The van der Waals surface area contributed by atoms with Crippen LogP contribution in [0.2, 0.25) is 5.02 Å². The molecule has 1 aromatic carbocycles. The van der Waals surface area contributed by atoms with Crippen LogP contribution in [-0.4, -0.2) is 29.8 Å². The van der Waals surface area contributed by atoms with Crippen LogP contribution in [-0.2, 0) is 9.59 Å². The van der Waals surface area contributed by atoms with Crippen molar-refractivity contribution in [1.82, 2.24) is 4.90 Å². The van der Waals surface area contributed by atoms with E-state index in [0.717, 1.165) is 11.3 Å². The third-order valence-electron chi connectivity index (χ3n) is 2.87. The molecule has 20 heavy (non-hydrogen) atoms. The first-order valence-corrected chi connectivity index (χ1v) is 6.74. The number of benzene rings is 1. The van der Waals surface area contributed by atoms with Crippen molar-refractivity contribution in [2.45, 2.75) is 20.3 Å². The molecule has 0 aliphatic carbocycles. The van der Waals surface area contributed by atoms with E-state index in [-0.39, 0.29) is 18.2 Å². The maximum Gasteiger partial charge on any atom is 0.226 e. The van der Waals surface area contributed by atoms with Gasteiger partial charge < -0.3 is 10.2 Å². The Kier molecular flexibility index (Phi) is 6.25. The predicted octanol–water partition coefficient (Wildman–Crippen LogP) is 3.01. The normalized spacial score (nSPS) is 9.95. The summed E-state index contributed by atoms with van der Waals surface area (Å²) in [5.41, 5.74) is 1.64. The molecule has 0 fully saturated rings. The van der Waals surface area contributed by atoms with Gasteiger partial charge in [-0.2, -0.15) is 0 Å². The molecule has 0 bridgehead atoms. The van der Waals surface area contributed by atoms with E-state index in [4.69, 9.17) is 11.6 Å². The number of hydrogen-bond acceptors (Lipinski definition) is 2. The Balaban J connectivity index is 2.55. The van der Waals surface area contributed by atoms with Crippen LogP contribution >= 0.6 is 11.6 Å². The molecule has 0 radical (unpaired) electrons. The molecule has 0 spiro atoms. The summed E-state index contributed by atoms with van der Waals surface area (Å²) in [4.78, 5) is 24.8. The van der Waals surface area contributed by atoms with Gasteiger partial charge in [-0.05, 0) is 30.7 Å². The lowest BCUT2D eigenvalue weighted by Crippen LogP contribution is -2.32. The molecule has 1 aromatic rings. The highest BCUT2D eigenvalue weighted by atomic mass is 35.5. The van der Waals surface area contributed by atoms with Gasteiger partial charge in [0.15, 0.2) is 0 Å². The Labute approximate surface area is 124 Å². The zero-order valence-corrected chi connectivity index (χ0v) is 12.5. The van der Waals surface area contributed by atoms with Gasteiger partial charge in [0.2, 0.25) is 11.8 Å². The molecule has 0 aliphatic heterocycles. The van der Waals surface area contributed by atoms with E-state index in [1.165, 1.54) is 6.92 Å². The summed E-state index contributed by atoms with van der Waals surface area (Å²) in [6, 6.07) is 5.28. The Morgan fingerprint density at radius 2 is 2.15 bits per heavy atom. The van der Waals surface area contributed by atoms with Crippen molar-refractivity contribution in [2.24, 2.45) is 0 Å². The second kappa shape index (κ2) is 7.70. The molecule has 2 amide bonds. The van der Waals surface area contributed by atoms with Crippen LogP contribution in [0.5, 0.6) is 0 Å². The van der Waals surface area contributed by atoms with E-state index in [2.05, 4.69) is 11.9 Å². The smallest absolute Gasteiger partial charge is 0.226 e. The van der Waals surface area contributed by atoms with Gasteiger partial charge in [-0.3, -0.25) is 9.59 Å². The summed E-state index contributed by atoms with van der Waals surface area (Å²) in [6.07, 6.45) is 1.89. The molecule has 5 heteroatoms. The quantitative estimate of drug-likeness (QED) is 0.820. The van der Waals surface area contributed by atoms with Crippen LogP contribution in [0.25, 0.3) is 0 Å². The first kappa shape index (κ1) is 16.2. The highest BCUT2D eigenvalue weighted by Gasteiger charge is 2.10. The van der Waals surface area contributed by atoms with Crippen LogP contribution in [0.4, 0.5) is 5.69 Å². The van der Waals surface area contributed by atoms with E-state index in [1.807, 2.05) is 6.92 Å². The van der Waals surface area contributed by atoms with Crippen molar-refractivity contribution < 1.29 is 9.59 Å². The third kappa shape index (κ3) is 5.05. The zero-order chi connectivity index (χ0) is 15.1. The van der Waals surface area contributed by atoms with Gasteiger partial charge in [-0.1, -0.05) is 17.7 Å². The molecule has 0 aliphatic rings. The van der Waals surface area contributed by atoms with Crippen molar-refractivity contribution in [3.63, 3.8) is 0 Å². The van der Waals surface area contributed by atoms with Crippen molar-refractivity contribution in [2.75, 3.05) is 18.4 Å². The topological polar surface area (TPSA) is 49.4 Å². The fourth-order valence-electron chi connectivity index (χ4n) is 1.75. The average Bonchev–Trinajstić information content (AvgIpc) is 2.37. The number of nitrogens with zero attached hydrogens (tertiary/aromatic N) is 1. The Morgan fingerprint density at radius 1 is 1.45 bits per heavy atom. The number of hydrogen-bond donors (Lipinski definition) is 1. The Bertz CT molecular complexity index is 515. The van der Waals surface area contributed by atoms with Gasteiger partial charge in [-0.15, -0.1) is 6.58 Å². The molecular formula is C15H19ClN2O2. The second-order valence-corrected chi connectivity index (χ2v) is 4.95. The summed E-state index contributed by atoms with van der Waals surface area (Å²) in [5, 5.41) is 3.45. The van der Waals surface area contributed by atoms with Crippen LogP contribution < -0.4 is 5.32 Å². The second-order valence-electron chi connectivity index (χ2n) is 4.51. The monoisotopic (exact) mass is 294 g/mol.